The van der Waals surface area contributed by atoms with Crippen LogP contribution in [-0.4, -0.2) is 49.0 Å². The van der Waals surface area contributed by atoms with Gasteiger partial charge in [0.15, 0.2) is 0 Å². The first-order valence-electron chi connectivity index (χ1n) is 6.49. The lowest BCUT2D eigenvalue weighted by molar-refractivity contribution is -0.139. The van der Waals surface area contributed by atoms with Crippen LogP contribution in [0.5, 0.6) is 0 Å². The zero-order valence-electron chi connectivity index (χ0n) is 10.2. The van der Waals surface area contributed by atoms with Crippen LogP contribution in [0.4, 0.5) is 0 Å². The molecule has 1 saturated carbocycles. The summed E-state index contributed by atoms with van der Waals surface area (Å²) in [5.41, 5.74) is -0.245. The molecule has 2 aliphatic rings. The van der Waals surface area contributed by atoms with Gasteiger partial charge in [0.1, 0.15) is 0 Å². The van der Waals surface area contributed by atoms with Crippen LogP contribution in [0.3, 0.4) is 0 Å². The predicted molar refractivity (Wildman–Crippen MR) is 64.1 cm³/mol. The average Bonchev–Trinajstić information content (AvgIpc) is 2.72. The molecule has 1 aliphatic carbocycles. The fraction of sp³-hybridized carbons (Fsp3) is 0.917. The van der Waals surface area contributed by atoms with Crippen molar-refractivity contribution in [2.24, 2.45) is 0 Å². The van der Waals surface area contributed by atoms with Crippen molar-refractivity contribution in [3.8, 4) is 0 Å². The van der Waals surface area contributed by atoms with Gasteiger partial charge in [-0.1, -0.05) is 12.8 Å². The van der Waals surface area contributed by atoms with Crippen LogP contribution >= 0.6 is 0 Å². The maximum Gasteiger partial charge on any atom is 0.305 e. The highest BCUT2D eigenvalue weighted by Crippen LogP contribution is 2.20. The van der Waals surface area contributed by atoms with Crippen LogP contribution in [0.25, 0.3) is 0 Å². The van der Waals surface area contributed by atoms with E-state index in [1.807, 2.05) is 0 Å². The Morgan fingerprint density at radius 2 is 2.12 bits per heavy atom. The van der Waals surface area contributed by atoms with Crippen molar-refractivity contribution in [1.29, 1.82) is 0 Å². The number of hydrogen-bond donors (Lipinski definition) is 3. The Labute approximate surface area is 102 Å². The van der Waals surface area contributed by atoms with E-state index in [-0.39, 0.29) is 12.0 Å². The molecule has 2 fully saturated rings. The summed E-state index contributed by atoms with van der Waals surface area (Å²) in [6.07, 6.45) is 5.55. The molecule has 1 heterocycles. The molecule has 2 rings (SSSR count). The van der Waals surface area contributed by atoms with Crippen LogP contribution < -0.4 is 10.6 Å². The summed E-state index contributed by atoms with van der Waals surface area (Å²) in [7, 11) is 0. The van der Waals surface area contributed by atoms with Crippen LogP contribution in [0.2, 0.25) is 0 Å². The number of carboxylic acid groups (broad SMARTS) is 1. The van der Waals surface area contributed by atoms with Gasteiger partial charge in [0.25, 0.3) is 0 Å². The zero-order chi connectivity index (χ0) is 12.1. The smallest absolute Gasteiger partial charge is 0.305 e. The zero-order valence-corrected chi connectivity index (χ0v) is 10.2. The summed E-state index contributed by atoms with van der Waals surface area (Å²) in [5, 5.41) is 15.3. The van der Waals surface area contributed by atoms with Gasteiger partial charge in [-0.25, -0.2) is 0 Å². The minimum Gasteiger partial charge on any atom is -0.481 e. The minimum absolute atomic E-state index is 0.184. The molecule has 0 amide bonds. The van der Waals surface area contributed by atoms with Crippen LogP contribution in [0.15, 0.2) is 0 Å². The maximum absolute atomic E-state index is 10.8. The van der Waals surface area contributed by atoms with E-state index in [9.17, 15) is 4.79 Å². The quantitative estimate of drug-likeness (QED) is 0.562. The molecular formula is C12H22N2O3. The van der Waals surface area contributed by atoms with Crippen LogP contribution in [-0.2, 0) is 9.53 Å². The molecule has 0 unspecified atom stereocenters. The molecule has 0 aromatic carbocycles. The number of carbonyl (C=O) groups is 1. The summed E-state index contributed by atoms with van der Waals surface area (Å²) < 4.78 is 5.74. The fourth-order valence-corrected chi connectivity index (χ4v) is 2.63. The number of ether oxygens (including phenoxy) is 1. The van der Waals surface area contributed by atoms with E-state index in [1.54, 1.807) is 0 Å². The van der Waals surface area contributed by atoms with Crippen LogP contribution in [0.1, 0.15) is 32.1 Å². The van der Waals surface area contributed by atoms with Crippen molar-refractivity contribution in [3.05, 3.63) is 0 Å². The Kier molecular flexibility index (Phi) is 4.36. The van der Waals surface area contributed by atoms with Crippen molar-refractivity contribution in [2.75, 3.05) is 26.2 Å². The Morgan fingerprint density at radius 3 is 2.65 bits per heavy atom. The number of rotatable bonds is 7. The second kappa shape index (κ2) is 5.80. The normalized spacial score (nSPS) is 23.5. The number of aliphatic carboxylic acids is 1. The molecule has 0 aromatic rings. The van der Waals surface area contributed by atoms with Crippen LogP contribution in [0, 0.1) is 0 Å². The molecular weight excluding hydrogens is 220 g/mol. The van der Waals surface area contributed by atoms with Gasteiger partial charge in [-0.2, -0.15) is 0 Å². The molecule has 3 N–H and O–H groups in total. The molecule has 0 atom stereocenters. The number of carboxylic acids is 1. The lowest BCUT2D eigenvalue weighted by atomic mass is 9.88. The Balaban J connectivity index is 1.61. The van der Waals surface area contributed by atoms with Gasteiger partial charge in [-0.15, -0.1) is 0 Å². The molecule has 1 aliphatic heterocycles. The average molecular weight is 242 g/mol. The van der Waals surface area contributed by atoms with E-state index >= 15 is 0 Å². The summed E-state index contributed by atoms with van der Waals surface area (Å²) >= 11 is 0. The lowest BCUT2D eigenvalue weighted by Crippen LogP contribution is -2.68. The van der Waals surface area contributed by atoms with Crippen molar-refractivity contribution >= 4 is 5.97 Å². The van der Waals surface area contributed by atoms with E-state index < -0.39 is 5.97 Å². The van der Waals surface area contributed by atoms with Gasteiger partial charge >= 0.3 is 5.97 Å². The third-order valence-corrected chi connectivity index (χ3v) is 3.67. The van der Waals surface area contributed by atoms with Gasteiger partial charge in [-0.3, -0.25) is 4.79 Å². The molecule has 0 bridgehead atoms. The highest BCUT2D eigenvalue weighted by Gasteiger charge is 2.38. The van der Waals surface area contributed by atoms with E-state index in [2.05, 4.69) is 10.6 Å². The monoisotopic (exact) mass is 242 g/mol. The highest BCUT2D eigenvalue weighted by molar-refractivity contribution is 5.68. The Bertz CT molecular complexity index is 260. The third-order valence-electron chi connectivity index (χ3n) is 3.67. The molecule has 0 spiro atoms. The predicted octanol–water partition coefficient (Wildman–Crippen LogP) is 0.352. The van der Waals surface area contributed by atoms with Crippen molar-refractivity contribution < 1.29 is 14.6 Å². The molecule has 98 valence electrons. The second-order valence-electron chi connectivity index (χ2n) is 5.16. The molecule has 5 nitrogen and oxygen atoms in total. The summed E-state index contributed by atoms with van der Waals surface area (Å²) in [6.45, 7) is 2.91. The molecule has 0 aromatic heterocycles. The first-order valence-corrected chi connectivity index (χ1v) is 6.49. The highest BCUT2D eigenvalue weighted by atomic mass is 16.5. The van der Waals surface area contributed by atoms with E-state index in [4.69, 9.17) is 9.84 Å². The third kappa shape index (κ3) is 3.66. The first kappa shape index (κ1) is 12.8. The van der Waals surface area contributed by atoms with E-state index in [0.29, 0.717) is 12.7 Å². The summed E-state index contributed by atoms with van der Waals surface area (Å²) in [5.74, 6) is -0.740. The van der Waals surface area contributed by atoms with E-state index in [0.717, 1.165) is 19.6 Å². The summed E-state index contributed by atoms with van der Waals surface area (Å²) in [4.78, 5) is 10.8. The SMILES string of the molecule is O=C(O)CC1(NCCOC2CCCC2)CNC1. The second-order valence-corrected chi connectivity index (χ2v) is 5.16. The van der Waals surface area contributed by atoms with Gasteiger partial charge in [0.05, 0.1) is 24.7 Å². The Morgan fingerprint density at radius 1 is 1.41 bits per heavy atom. The number of hydrogen-bond acceptors (Lipinski definition) is 4. The number of nitrogens with one attached hydrogen (secondary N) is 2. The Hall–Kier alpha value is -0.650. The minimum atomic E-state index is -0.740. The lowest BCUT2D eigenvalue weighted by Gasteiger charge is -2.42. The topological polar surface area (TPSA) is 70.6 Å². The molecule has 17 heavy (non-hydrogen) atoms. The van der Waals surface area contributed by atoms with Gasteiger partial charge in [-0.05, 0) is 12.8 Å². The fourth-order valence-electron chi connectivity index (χ4n) is 2.63. The summed E-state index contributed by atoms with van der Waals surface area (Å²) in [6, 6.07) is 0. The first-order chi connectivity index (χ1) is 8.20. The van der Waals surface area contributed by atoms with Gasteiger partial charge in [0, 0.05) is 19.6 Å². The van der Waals surface area contributed by atoms with Crippen molar-refractivity contribution in [1.82, 2.24) is 10.6 Å². The molecule has 0 radical (unpaired) electrons. The standard InChI is InChI=1S/C12H22N2O3/c15-11(16)7-12(8-13-9-12)14-5-6-17-10-3-1-2-4-10/h10,13-14H,1-9H2,(H,15,16). The van der Waals surface area contributed by atoms with Gasteiger partial charge in [0.2, 0.25) is 0 Å². The molecule has 5 heteroatoms. The maximum atomic E-state index is 10.8. The largest absolute Gasteiger partial charge is 0.481 e. The van der Waals surface area contributed by atoms with Gasteiger partial charge < -0.3 is 20.5 Å². The van der Waals surface area contributed by atoms with Crippen molar-refractivity contribution in [3.63, 3.8) is 0 Å². The van der Waals surface area contributed by atoms with Crippen molar-refractivity contribution in [2.45, 2.75) is 43.7 Å². The molecule has 1 saturated heterocycles. The van der Waals surface area contributed by atoms with E-state index in [1.165, 1.54) is 25.7 Å².